The molecule has 1 fully saturated rings. The van der Waals surface area contributed by atoms with Gasteiger partial charge in [0.1, 0.15) is 0 Å². The largest absolute Gasteiger partial charge is 0.376 e. The summed E-state index contributed by atoms with van der Waals surface area (Å²) in [5, 5.41) is 7.84. The number of nitrogens with zero attached hydrogens (tertiary/aromatic N) is 2. The molecule has 1 aromatic rings. The third kappa shape index (κ3) is 6.37. The number of thiazole rings is 1. The van der Waals surface area contributed by atoms with Crippen LogP contribution in [0.4, 0.5) is 0 Å². The van der Waals surface area contributed by atoms with Crippen LogP contribution in [0.5, 0.6) is 0 Å². The summed E-state index contributed by atoms with van der Waals surface area (Å²) in [5.74, 6) is 0.873. The molecule has 0 spiro atoms. The predicted octanol–water partition coefficient (Wildman–Crippen LogP) is 2.65. The molecule has 1 aliphatic rings. The maximum Gasteiger partial charge on any atom is 0.191 e. The number of hydrogen-bond donors (Lipinski definition) is 2. The van der Waals surface area contributed by atoms with Gasteiger partial charge in [-0.3, -0.25) is 4.99 Å². The summed E-state index contributed by atoms with van der Waals surface area (Å²) < 4.78 is 5.60. The van der Waals surface area contributed by atoms with Crippen molar-refractivity contribution in [1.29, 1.82) is 0 Å². The van der Waals surface area contributed by atoms with Crippen molar-refractivity contribution >= 4 is 41.3 Å². The zero-order chi connectivity index (χ0) is 15.1. The van der Waals surface area contributed by atoms with Crippen LogP contribution in [-0.2, 0) is 11.2 Å². The van der Waals surface area contributed by atoms with E-state index < -0.39 is 0 Å². The molecule has 0 saturated carbocycles. The normalized spacial score (nSPS) is 18.1. The van der Waals surface area contributed by atoms with Gasteiger partial charge in [0.05, 0.1) is 23.4 Å². The van der Waals surface area contributed by atoms with E-state index >= 15 is 0 Å². The maximum absolute atomic E-state index is 5.60. The first-order valence-corrected chi connectivity index (χ1v) is 8.57. The topological polar surface area (TPSA) is 58.5 Å². The van der Waals surface area contributed by atoms with Crippen molar-refractivity contribution < 1.29 is 4.74 Å². The van der Waals surface area contributed by atoms with Gasteiger partial charge in [-0.15, -0.1) is 35.3 Å². The zero-order valence-corrected chi connectivity index (χ0v) is 16.8. The summed E-state index contributed by atoms with van der Waals surface area (Å²) in [4.78, 5) is 10.5. The molecule has 2 rings (SSSR count). The molecule has 5 nitrogen and oxygen atoms in total. The van der Waals surface area contributed by atoms with E-state index in [1.807, 2.05) is 0 Å². The molecule has 2 N–H and O–H groups in total. The summed E-state index contributed by atoms with van der Waals surface area (Å²) in [5.41, 5.74) is 1.15. The lowest BCUT2D eigenvalue weighted by atomic mass is 10.2. The Morgan fingerprint density at radius 3 is 2.82 bits per heavy atom. The van der Waals surface area contributed by atoms with Crippen LogP contribution in [-0.4, -0.2) is 43.3 Å². The van der Waals surface area contributed by atoms with Gasteiger partial charge in [0.15, 0.2) is 5.96 Å². The lowest BCUT2D eigenvalue weighted by Crippen LogP contribution is -2.38. The van der Waals surface area contributed by atoms with Crippen LogP contribution in [0.25, 0.3) is 0 Å². The molecule has 0 aliphatic carbocycles. The van der Waals surface area contributed by atoms with Crippen molar-refractivity contribution in [3.05, 3.63) is 15.6 Å². The van der Waals surface area contributed by atoms with E-state index in [9.17, 15) is 0 Å². The van der Waals surface area contributed by atoms with Crippen LogP contribution in [0.3, 0.4) is 0 Å². The molecule has 1 atom stereocenters. The highest BCUT2D eigenvalue weighted by Gasteiger charge is 2.14. The molecule has 1 unspecified atom stereocenters. The lowest BCUT2D eigenvalue weighted by Gasteiger charge is -2.12. The van der Waals surface area contributed by atoms with Gasteiger partial charge in [-0.2, -0.15) is 0 Å². The molecule has 1 aromatic heterocycles. The number of nitrogens with one attached hydrogen (secondary N) is 2. The molecule has 0 bridgehead atoms. The highest BCUT2D eigenvalue weighted by Crippen LogP contribution is 2.16. The van der Waals surface area contributed by atoms with Gasteiger partial charge >= 0.3 is 0 Å². The van der Waals surface area contributed by atoms with Crippen molar-refractivity contribution in [2.24, 2.45) is 4.99 Å². The fourth-order valence-electron chi connectivity index (χ4n) is 2.26. The molecule has 1 aliphatic heterocycles. The van der Waals surface area contributed by atoms with E-state index in [1.165, 1.54) is 9.88 Å². The first kappa shape index (κ1) is 19.6. The Morgan fingerprint density at radius 1 is 1.41 bits per heavy atom. The number of hydrogen-bond acceptors (Lipinski definition) is 4. The zero-order valence-electron chi connectivity index (χ0n) is 13.6. The average molecular weight is 438 g/mol. The Morgan fingerprint density at radius 2 is 2.23 bits per heavy atom. The second kappa shape index (κ2) is 10.4. The number of halogens is 1. The highest BCUT2D eigenvalue weighted by molar-refractivity contribution is 14.0. The quantitative estimate of drug-likeness (QED) is 0.408. The molecule has 0 aromatic carbocycles. The molecular weight excluding hydrogens is 411 g/mol. The maximum atomic E-state index is 5.60. The van der Waals surface area contributed by atoms with Crippen LogP contribution < -0.4 is 10.6 Å². The number of guanidine groups is 1. The average Bonchev–Trinajstić information content (AvgIpc) is 3.07. The number of ether oxygens (including phenoxy) is 1. The van der Waals surface area contributed by atoms with E-state index in [-0.39, 0.29) is 24.0 Å². The van der Waals surface area contributed by atoms with Gasteiger partial charge in [-0.05, 0) is 33.6 Å². The Kier molecular flexibility index (Phi) is 9.27. The lowest BCUT2D eigenvalue weighted by molar-refractivity contribution is 0.117. The van der Waals surface area contributed by atoms with Crippen LogP contribution >= 0.6 is 35.3 Å². The van der Waals surface area contributed by atoms with Gasteiger partial charge in [-0.25, -0.2) is 4.98 Å². The van der Waals surface area contributed by atoms with Crippen molar-refractivity contribution in [1.82, 2.24) is 15.6 Å². The first-order chi connectivity index (χ1) is 10.2. The molecule has 2 heterocycles. The summed E-state index contributed by atoms with van der Waals surface area (Å²) in [6, 6.07) is 0. The molecule has 1 saturated heterocycles. The van der Waals surface area contributed by atoms with Gasteiger partial charge < -0.3 is 15.4 Å². The number of rotatable bonds is 6. The molecule has 22 heavy (non-hydrogen) atoms. The third-order valence-corrected chi connectivity index (χ3v) is 4.66. The van der Waals surface area contributed by atoms with Crippen molar-refractivity contribution in [2.45, 2.75) is 46.1 Å². The standard InChI is InChI=1S/C15H26N4OS.HI/c1-4-16-15(18-10-13-6-5-9-20-13)17-8-7-14-19-11(2)12(3)21-14;/h13H,4-10H2,1-3H3,(H2,16,17,18);1H. The third-order valence-electron chi connectivity index (χ3n) is 3.53. The molecular formula is C15H27IN4OS. The van der Waals surface area contributed by atoms with E-state index in [0.717, 1.165) is 57.2 Å². The summed E-state index contributed by atoms with van der Waals surface area (Å²) in [6.45, 7) is 9.61. The summed E-state index contributed by atoms with van der Waals surface area (Å²) >= 11 is 1.78. The van der Waals surface area contributed by atoms with Gasteiger partial charge in [0.25, 0.3) is 0 Å². The number of aromatic nitrogens is 1. The van der Waals surface area contributed by atoms with E-state index in [0.29, 0.717) is 6.10 Å². The van der Waals surface area contributed by atoms with Gasteiger partial charge in [-0.1, -0.05) is 0 Å². The van der Waals surface area contributed by atoms with E-state index in [1.54, 1.807) is 11.3 Å². The Labute approximate surface area is 154 Å². The van der Waals surface area contributed by atoms with Gasteiger partial charge in [0, 0.05) is 31.0 Å². The molecule has 7 heteroatoms. The van der Waals surface area contributed by atoms with Crippen LogP contribution in [0.1, 0.15) is 35.3 Å². The minimum absolute atomic E-state index is 0. The van der Waals surface area contributed by atoms with Crippen molar-refractivity contribution in [3.63, 3.8) is 0 Å². The number of aryl methyl sites for hydroxylation is 2. The van der Waals surface area contributed by atoms with E-state index in [2.05, 4.69) is 41.4 Å². The highest BCUT2D eigenvalue weighted by atomic mass is 127. The molecule has 0 amide bonds. The summed E-state index contributed by atoms with van der Waals surface area (Å²) in [6.07, 6.45) is 3.52. The fraction of sp³-hybridized carbons (Fsp3) is 0.733. The van der Waals surface area contributed by atoms with Crippen LogP contribution in [0.2, 0.25) is 0 Å². The summed E-state index contributed by atoms with van der Waals surface area (Å²) in [7, 11) is 0. The second-order valence-electron chi connectivity index (χ2n) is 5.28. The molecule has 126 valence electrons. The van der Waals surface area contributed by atoms with E-state index in [4.69, 9.17) is 4.74 Å². The fourth-order valence-corrected chi connectivity index (χ4v) is 3.19. The number of aliphatic imine (C=N–C) groups is 1. The SMILES string of the molecule is CCNC(=NCC1CCCO1)NCCc1nc(C)c(C)s1.I. The van der Waals surface area contributed by atoms with Crippen molar-refractivity contribution in [3.8, 4) is 0 Å². The minimum Gasteiger partial charge on any atom is -0.376 e. The minimum atomic E-state index is 0. The molecule has 0 radical (unpaired) electrons. The predicted molar refractivity (Wildman–Crippen MR) is 104 cm³/mol. The second-order valence-corrected chi connectivity index (χ2v) is 6.57. The first-order valence-electron chi connectivity index (χ1n) is 7.75. The smallest absolute Gasteiger partial charge is 0.191 e. The van der Waals surface area contributed by atoms with Crippen LogP contribution in [0, 0.1) is 13.8 Å². The van der Waals surface area contributed by atoms with Crippen molar-refractivity contribution in [2.75, 3.05) is 26.2 Å². The Balaban J connectivity index is 0.00000242. The monoisotopic (exact) mass is 438 g/mol. The Bertz CT molecular complexity index is 453. The van der Waals surface area contributed by atoms with Gasteiger partial charge in [0.2, 0.25) is 0 Å². The Hall–Kier alpha value is -0.410. The van der Waals surface area contributed by atoms with Crippen LogP contribution in [0.15, 0.2) is 4.99 Å².